The fraction of sp³-hybridized carbons (Fsp3) is 0.280. The summed E-state index contributed by atoms with van der Waals surface area (Å²) in [6, 6.07) is 19.7. The van der Waals surface area contributed by atoms with Crippen LogP contribution in [0.2, 0.25) is 0 Å². The van der Waals surface area contributed by atoms with Gasteiger partial charge in [-0.3, -0.25) is 9.59 Å². The molecule has 0 aromatic heterocycles. The number of amides is 2. The van der Waals surface area contributed by atoms with Crippen LogP contribution in [0.25, 0.3) is 10.8 Å². The zero-order valence-electron chi connectivity index (χ0n) is 17.2. The Bertz CT molecular complexity index is 1140. The van der Waals surface area contributed by atoms with Crippen LogP contribution in [0.4, 0.5) is 5.69 Å². The average Bonchev–Trinajstić information content (AvgIpc) is 3.27. The largest absolute Gasteiger partial charge is 0.454 e. The summed E-state index contributed by atoms with van der Waals surface area (Å²) in [5.41, 5.74) is 1.72. The topological polar surface area (TPSA) is 67.9 Å². The van der Waals surface area contributed by atoms with E-state index in [1.807, 2.05) is 29.2 Å². The van der Waals surface area contributed by atoms with Gasteiger partial charge in [0.1, 0.15) is 0 Å². The summed E-state index contributed by atoms with van der Waals surface area (Å²) in [6.45, 7) is 1.41. The maximum Gasteiger partial charge on any atom is 0.231 e. The molecule has 0 aliphatic carbocycles. The number of carbonyl (C=O) groups is 2. The number of likely N-dealkylation sites (tertiary alicyclic amines) is 1. The van der Waals surface area contributed by atoms with Gasteiger partial charge in [-0.25, -0.2) is 0 Å². The summed E-state index contributed by atoms with van der Waals surface area (Å²) in [4.78, 5) is 27.3. The number of carbonyl (C=O) groups excluding carboxylic acids is 2. The SMILES string of the molecule is O=C(Nc1ccc2c(c1)OCO2)C1CCN(C(=O)Cc2ccc3ccccc3c2)CC1. The minimum atomic E-state index is -0.102. The number of nitrogens with one attached hydrogen (secondary N) is 1. The predicted molar refractivity (Wildman–Crippen MR) is 118 cm³/mol. The van der Waals surface area contributed by atoms with Gasteiger partial charge in [0, 0.05) is 30.8 Å². The first-order chi connectivity index (χ1) is 15.2. The van der Waals surface area contributed by atoms with Crippen molar-refractivity contribution in [2.24, 2.45) is 5.92 Å². The number of anilines is 1. The first-order valence-electron chi connectivity index (χ1n) is 10.6. The van der Waals surface area contributed by atoms with Crippen molar-refractivity contribution >= 4 is 28.3 Å². The quantitative estimate of drug-likeness (QED) is 0.698. The van der Waals surface area contributed by atoms with E-state index in [1.54, 1.807) is 12.1 Å². The molecule has 0 atom stereocenters. The van der Waals surface area contributed by atoms with E-state index >= 15 is 0 Å². The number of benzene rings is 3. The first-order valence-corrected chi connectivity index (χ1v) is 10.6. The van der Waals surface area contributed by atoms with Crippen molar-refractivity contribution in [2.75, 3.05) is 25.2 Å². The third kappa shape index (κ3) is 4.19. The molecular weight excluding hydrogens is 392 g/mol. The van der Waals surface area contributed by atoms with E-state index in [-0.39, 0.29) is 24.5 Å². The van der Waals surface area contributed by atoms with E-state index in [9.17, 15) is 9.59 Å². The molecule has 3 aromatic carbocycles. The van der Waals surface area contributed by atoms with Crippen LogP contribution in [0.15, 0.2) is 60.7 Å². The number of piperidine rings is 1. The van der Waals surface area contributed by atoms with Crippen molar-refractivity contribution in [3.8, 4) is 11.5 Å². The van der Waals surface area contributed by atoms with Crippen LogP contribution in [0.5, 0.6) is 11.5 Å². The van der Waals surface area contributed by atoms with Crippen LogP contribution in [0.1, 0.15) is 18.4 Å². The summed E-state index contributed by atoms with van der Waals surface area (Å²) in [6.07, 6.45) is 1.72. The van der Waals surface area contributed by atoms with E-state index in [0.717, 1.165) is 10.9 Å². The highest BCUT2D eigenvalue weighted by Gasteiger charge is 2.27. The molecule has 2 amide bonds. The Hall–Kier alpha value is -3.54. The van der Waals surface area contributed by atoms with Gasteiger partial charge in [-0.1, -0.05) is 42.5 Å². The average molecular weight is 416 g/mol. The monoisotopic (exact) mass is 416 g/mol. The van der Waals surface area contributed by atoms with Crippen LogP contribution in [-0.4, -0.2) is 36.6 Å². The highest BCUT2D eigenvalue weighted by atomic mass is 16.7. The molecule has 6 nitrogen and oxygen atoms in total. The van der Waals surface area contributed by atoms with Gasteiger partial charge in [-0.05, 0) is 41.3 Å². The Balaban J connectivity index is 1.15. The van der Waals surface area contributed by atoms with Crippen molar-refractivity contribution < 1.29 is 19.1 Å². The zero-order chi connectivity index (χ0) is 21.2. The fourth-order valence-electron chi connectivity index (χ4n) is 4.24. The Kier molecular flexibility index (Phi) is 5.20. The first kappa shape index (κ1) is 19.4. The molecule has 0 unspecified atom stereocenters. The van der Waals surface area contributed by atoms with Crippen LogP contribution < -0.4 is 14.8 Å². The Labute approximate surface area is 180 Å². The minimum Gasteiger partial charge on any atom is -0.454 e. The van der Waals surface area contributed by atoms with E-state index in [1.165, 1.54) is 5.39 Å². The molecule has 158 valence electrons. The lowest BCUT2D eigenvalue weighted by molar-refractivity contribution is -0.133. The molecule has 31 heavy (non-hydrogen) atoms. The number of hydrogen-bond acceptors (Lipinski definition) is 4. The molecule has 5 rings (SSSR count). The third-order valence-corrected chi connectivity index (χ3v) is 6.03. The molecule has 1 N–H and O–H groups in total. The van der Waals surface area contributed by atoms with Gasteiger partial charge in [-0.15, -0.1) is 0 Å². The molecule has 2 heterocycles. The van der Waals surface area contributed by atoms with Crippen molar-refractivity contribution in [1.82, 2.24) is 4.90 Å². The van der Waals surface area contributed by atoms with Gasteiger partial charge >= 0.3 is 0 Å². The van der Waals surface area contributed by atoms with E-state index in [2.05, 4.69) is 29.6 Å². The van der Waals surface area contributed by atoms with E-state index < -0.39 is 0 Å². The number of nitrogens with zero attached hydrogens (tertiary/aromatic N) is 1. The van der Waals surface area contributed by atoms with Gasteiger partial charge < -0.3 is 19.7 Å². The summed E-state index contributed by atoms with van der Waals surface area (Å²) in [5.74, 6) is 1.34. The standard InChI is InChI=1S/C25H24N2O4/c28-24(14-17-5-6-18-3-1-2-4-20(18)13-17)27-11-9-19(10-12-27)25(29)26-21-7-8-22-23(15-21)31-16-30-22/h1-8,13,15,19H,9-12,14,16H2,(H,26,29). The molecule has 2 aliphatic heterocycles. The Morgan fingerprint density at radius 2 is 1.68 bits per heavy atom. The molecule has 6 heteroatoms. The van der Waals surface area contributed by atoms with Gasteiger partial charge in [0.2, 0.25) is 18.6 Å². The molecule has 3 aromatic rings. The Morgan fingerprint density at radius 1 is 0.903 bits per heavy atom. The molecule has 0 spiro atoms. The summed E-state index contributed by atoms with van der Waals surface area (Å²) in [5, 5.41) is 5.28. The second kappa shape index (κ2) is 8.30. The van der Waals surface area contributed by atoms with Crippen molar-refractivity contribution in [1.29, 1.82) is 0 Å². The Morgan fingerprint density at radius 3 is 2.52 bits per heavy atom. The maximum atomic E-state index is 12.8. The van der Waals surface area contributed by atoms with Crippen molar-refractivity contribution in [3.05, 3.63) is 66.2 Å². The normalized spacial score (nSPS) is 15.8. The lowest BCUT2D eigenvalue weighted by Crippen LogP contribution is -2.42. The fourth-order valence-corrected chi connectivity index (χ4v) is 4.24. The second-order valence-electron chi connectivity index (χ2n) is 8.07. The van der Waals surface area contributed by atoms with Crippen molar-refractivity contribution in [2.45, 2.75) is 19.3 Å². The number of fused-ring (bicyclic) bond motifs is 2. The number of ether oxygens (including phenoxy) is 2. The third-order valence-electron chi connectivity index (χ3n) is 6.03. The summed E-state index contributed by atoms with van der Waals surface area (Å²) >= 11 is 0. The van der Waals surface area contributed by atoms with E-state index in [0.29, 0.717) is 49.5 Å². The van der Waals surface area contributed by atoms with Gasteiger partial charge in [0.15, 0.2) is 11.5 Å². The number of rotatable bonds is 4. The van der Waals surface area contributed by atoms with Crippen LogP contribution in [0, 0.1) is 5.92 Å². The molecule has 0 radical (unpaired) electrons. The maximum absolute atomic E-state index is 12.8. The highest BCUT2D eigenvalue weighted by Crippen LogP contribution is 2.34. The van der Waals surface area contributed by atoms with Crippen LogP contribution in [-0.2, 0) is 16.0 Å². The molecule has 1 saturated heterocycles. The summed E-state index contributed by atoms with van der Waals surface area (Å²) < 4.78 is 10.7. The van der Waals surface area contributed by atoms with Crippen LogP contribution in [0.3, 0.4) is 0 Å². The smallest absolute Gasteiger partial charge is 0.231 e. The summed E-state index contributed by atoms with van der Waals surface area (Å²) in [7, 11) is 0. The molecule has 2 aliphatic rings. The van der Waals surface area contributed by atoms with Crippen LogP contribution >= 0.6 is 0 Å². The number of hydrogen-bond donors (Lipinski definition) is 1. The predicted octanol–water partition coefficient (Wildman–Crippen LogP) is 3.99. The lowest BCUT2D eigenvalue weighted by Gasteiger charge is -2.31. The highest BCUT2D eigenvalue weighted by molar-refractivity contribution is 5.93. The molecular formula is C25H24N2O4. The van der Waals surface area contributed by atoms with Gasteiger partial charge in [0.05, 0.1) is 6.42 Å². The molecule has 1 fully saturated rings. The van der Waals surface area contributed by atoms with E-state index in [4.69, 9.17) is 9.47 Å². The van der Waals surface area contributed by atoms with Crippen molar-refractivity contribution in [3.63, 3.8) is 0 Å². The second-order valence-corrected chi connectivity index (χ2v) is 8.07. The van der Waals surface area contributed by atoms with Gasteiger partial charge in [0.25, 0.3) is 0 Å². The lowest BCUT2D eigenvalue weighted by atomic mass is 9.95. The zero-order valence-corrected chi connectivity index (χ0v) is 17.2. The van der Waals surface area contributed by atoms with Gasteiger partial charge in [-0.2, -0.15) is 0 Å². The molecule has 0 saturated carbocycles. The minimum absolute atomic E-state index is 0.0134. The molecule has 0 bridgehead atoms.